The topological polar surface area (TPSA) is 121 Å². The zero-order valence-electron chi connectivity index (χ0n) is 26.8. The molecule has 3 aromatic carbocycles. The van der Waals surface area contributed by atoms with Crippen molar-refractivity contribution in [2.75, 3.05) is 59.5 Å². The Labute approximate surface area is 275 Å². The summed E-state index contributed by atoms with van der Waals surface area (Å²) in [5.74, 6) is 0.485. The van der Waals surface area contributed by atoms with Crippen LogP contribution in [0.5, 0.6) is 5.75 Å². The summed E-state index contributed by atoms with van der Waals surface area (Å²) in [7, 11) is -2.92. The monoisotopic (exact) mass is 656 g/mol. The van der Waals surface area contributed by atoms with E-state index in [0.29, 0.717) is 30.3 Å². The van der Waals surface area contributed by atoms with E-state index in [4.69, 9.17) is 4.74 Å². The highest BCUT2D eigenvalue weighted by atomic mass is 32.2. The second kappa shape index (κ2) is 13.7. The summed E-state index contributed by atoms with van der Waals surface area (Å²) >= 11 is 0. The molecule has 2 atom stereocenters. The van der Waals surface area contributed by atoms with E-state index in [0.717, 1.165) is 56.1 Å². The van der Waals surface area contributed by atoms with Crippen LogP contribution in [0.2, 0.25) is 0 Å². The van der Waals surface area contributed by atoms with Crippen molar-refractivity contribution in [1.29, 1.82) is 5.26 Å². The van der Waals surface area contributed by atoms with Crippen molar-refractivity contribution < 1.29 is 17.9 Å². The van der Waals surface area contributed by atoms with Crippen LogP contribution in [0.15, 0.2) is 82.5 Å². The summed E-state index contributed by atoms with van der Waals surface area (Å²) in [6.45, 7) is 9.45. The van der Waals surface area contributed by atoms with Crippen LogP contribution < -0.4 is 10.4 Å². The Hall–Kier alpha value is -4.44. The Morgan fingerprint density at radius 2 is 1.66 bits per heavy atom. The molecule has 4 aromatic rings. The summed E-state index contributed by atoms with van der Waals surface area (Å²) in [5, 5.41) is 9.74. The number of ether oxygens (including phenoxy) is 1. The molecule has 47 heavy (non-hydrogen) atoms. The maximum atomic E-state index is 14.6. The Bertz CT molecular complexity index is 1940. The molecule has 11 nitrogen and oxygen atoms in total. The van der Waals surface area contributed by atoms with Crippen LogP contribution in [0.4, 0.5) is 0 Å². The molecule has 2 aliphatic heterocycles. The van der Waals surface area contributed by atoms with Gasteiger partial charge in [-0.15, -0.1) is 0 Å². The molecule has 0 aliphatic carbocycles. The van der Waals surface area contributed by atoms with Gasteiger partial charge in [0.25, 0.3) is 10.0 Å². The molecule has 2 aliphatic rings. The maximum absolute atomic E-state index is 14.6. The van der Waals surface area contributed by atoms with E-state index < -0.39 is 21.8 Å². The first-order chi connectivity index (χ1) is 22.7. The summed E-state index contributed by atoms with van der Waals surface area (Å²) in [4.78, 5) is 35.6. The maximum Gasteiger partial charge on any atom is 0.344 e. The van der Waals surface area contributed by atoms with E-state index >= 15 is 0 Å². The van der Waals surface area contributed by atoms with Crippen LogP contribution >= 0.6 is 0 Å². The molecule has 0 spiro atoms. The van der Waals surface area contributed by atoms with E-state index in [1.54, 1.807) is 29.2 Å². The number of nitriles is 1. The van der Waals surface area contributed by atoms with Gasteiger partial charge in [-0.25, -0.2) is 13.2 Å². The Morgan fingerprint density at radius 1 is 0.957 bits per heavy atom. The minimum absolute atomic E-state index is 0.0834. The minimum atomic E-state index is -4.40. The summed E-state index contributed by atoms with van der Waals surface area (Å²) < 4.78 is 35.3. The van der Waals surface area contributed by atoms with Gasteiger partial charge in [0.05, 0.1) is 34.7 Å². The lowest BCUT2D eigenvalue weighted by Crippen LogP contribution is -2.48. The van der Waals surface area contributed by atoms with E-state index in [2.05, 4.69) is 22.8 Å². The number of likely N-dealkylation sites (tertiary alicyclic amines) is 1. The minimum Gasteiger partial charge on any atom is -0.497 e. The van der Waals surface area contributed by atoms with Crippen LogP contribution in [0, 0.1) is 17.2 Å². The van der Waals surface area contributed by atoms with Crippen LogP contribution in [-0.4, -0.2) is 97.0 Å². The number of fused-ring (bicyclic) bond motifs is 1. The molecule has 0 saturated carbocycles. The fourth-order valence-corrected chi connectivity index (χ4v) is 8.26. The van der Waals surface area contributed by atoms with Gasteiger partial charge in [0, 0.05) is 45.8 Å². The molecular weight excluding hydrogens is 616 g/mol. The van der Waals surface area contributed by atoms with Gasteiger partial charge >= 0.3 is 5.69 Å². The van der Waals surface area contributed by atoms with Crippen molar-refractivity contribution in [3.05, 3.63) is 94.4 Å². The predicted molar refractivity (Wildman–Crippen MR) is 179 cm³/mol. The number of imidazole rings is 1. The number of hydrogen-bond acceptors (Lipinski definition) is 8. The van der Waals surface area contributed by atoms with E-state index in [-0.39, 0.29) is 27.4 Å². The lowest BCUT2D eigenvalue weighted by Gasteiger charge is -2.35. The molecule has 0 bridgehead atoms. The molecule has 1 unspecified atom stereocenters. The number of aromatic nitrogens is 2. The van der Waals surface area contributed by atoms with Crippen LogP contribution in [0.1, 0.15) is 36.9 Å². The van der Waals surface area contributed by atoms with Gasteiger partial charge in [0.15, 0.2) is 0 Å². The molecule has 2 fully saturated rings. The summed E-state index contributed by atoms with van der Waals surface area (Å²) in [6, 6.07) is 20.1. The van der Waals surface area contributed by atoms with E-state index in [1.807, 2.05) is 6.07 Å². The average molecular weight is 657 g/mol. The van der Waals surface area contributed by atoms with Gasteiger partial charge in [-0.05, 0) is 73.3 Å². The van der Waals surface area contributed by atoms with Crippen LogP contribution in [0.3, 0.4) is 0 Å². The lowest BCUT2D eigenvalue weighted by atomic mass is 10.0. The van der Waals surface area contributed by atoms with Crippen LogP contribution in [-0.2, 0) is 14.8 Å². The van der Waals surface area contributed by atoms with E-state index in [9.17, 15) is 23.3 Å². The molecule has 3 heterocycles. The van der Waals surface area contributed by atoms with Gasteiger partial charge in [-0.2, -0.15) is 9.23 Å². The first kappa shape index (κ1) is 32.5. The third-order valence-electron chi connectivity index (χ3n) is 9.29. The zero-order valence-corrected chi connectivity index (χ0v) is 27.6. The first-order valence-electron chi connectivity index (χ1n) is 16.1. The van der Waals surface area contributed by atoms with Crippen molar-refractivity contribution in [3.63, 3.8) is 0 Å². The Kier molecular flexibility index (Phi) is 9.50. The largest absolute Gasteiger partial charge is 0.497 e. The SMILES string of the molecule is CCCN1CCN(C[C@H]2CCN(C(=O)C(c3ccccc3)n3c(=O)n(S(=O)(=O)c4ccc(OC)cc4)c4ccc(C#N)cc43)C2)CC1. The first-order valence-corrected chi connectivity index (χ1v) is 17.5. The number of piperazine rings is 1. The second-order valence-electron chi connectivity index (χ2n) is 12.3. The zero-order chi connectivity index (χ0) is 33.1. The quantitative estimate of drug-likeness (QED) is 0.255. The van der Waals surface area contributed by atoms with Gasteiger partial charge in [0.2, 0.25) is 5.91 Å². The third-order valence-corrected chi connectivity index (χ3v) is 11.0. The lowest BCUT2D eigenvalue weighted by molar-refractivity contribution is -0.132. The number of carbonyl (C=O) groups is 1. The molecule has 0 radical (unpaired) electrons. The van der Waals surface area contributed by atoms with E-state index in [1.165, 1.54) is 54.1 Å². The van der Waals surface area contributed by atoms with Crippen LogP contribution in [0.25, 0.3) is 11.0 Å². The highest BCUT2D eigenvalue weighted by molar-refractivity contribution is 7.90. The number of carbonyl (C=O) groups excluding carboxylic acids is 1. The van der Waals surface area contributed by atoms with Crippen molar-refractivity contribution in [3.8, 4) is 11.8 Å². The Morgan fingerprint density at radius 3 is 2.32 bits per heavy atom. The number of nitrogens with zero attached hydrogens (tertiary/aromatic N) is 6. The van der Waals surface area contributed by atoms with Gasteiger partial charge in [-0.3, -0.25) is 9.36 Å². The fourth-order valence-electron chi connectivity index (χ4n) is 6.87. The number of hydrogen-bond donors (Lipinski definition) is 0. The Balaban J connectivity index is 1.38. The second-order valence-corrected chi connectivity index (χ2v) is 14.1. The number of amides is 1. The van der Waals surface area contributed by atoms with Gasteiger partial charge in [0.1, 0.15) is 11.8 Å². The number of benzene rings is 3. The molecular formula is C35H40N6O5S. The molecule has 2 saturated heterocycles. The molecule has 1 aromatic heterocycles. The predicted octanol–water partition coefficient (Wildman–Crippen LogP) is 3.39. The molecule has 12 heteroatoms. The average Bonchev–Trinajstić information content (AvgIpc) is 3.68. The van der Waals surface area contributed by atoms with Gasteiger partial charge in [-0.1, -0.05) is 37.3 Å². The fraction of sp³-hybridized carbons (Fsp3) is 0.400. The highest BCUT2D eigenvalue weighted by Gasteiger charge is 2.37. The van der Waals surface area contributed by atoms with Crippen molar-refractivity contribution in [1.82, 2.24) is 23.2 Å². The smallest absolute Gasteiger partial charge is 0.344 e. The van der Waals surface area contributed by atoms with Gasteiger partial charge < -0.3 is 19.4 Å². The normalized spacial score (nSPS) is 18.3. The summed E-state index contributed by atoms with van der Waals surface area (Å²) in [5.41, 5.74) is 0.186. The standard InChI is InChI=1S/C35H40N6O5S/c1-3-16-37-18-20-38(21-19-37)24-27-15-17-39(25-27)34(42)33(28-7-5-4-6-8-28)40-32-22-26(23-36)9-14-31(32)41(35(40)43)47(44,45)30-12-10-29(46-2)11-13-30/h4-14,22,27,33H,3,15-21,24-25H2,1-2H3/t27-,33?/m1/s1. The van der Waals surface area contributed by atoms with Crippen molar-refractivity contribution >= 4 is 27.0 Å². The summed E-state index contributed by atoms with van der Waals surface area (Å²) in [6.07, 6.45) is 2.00. The molecule has 246 valence electrons. The van der Waals surface area contributed by atoms with Crippen molar-refractivity contribution in [2.45, 2.75) is 30.7 Å². The highest BCUT2D eigenvalue weighted by Crippen LogP contribution is 2.30. The molecule has 1 amide bonds. The molecule has 6 rings (SSSR count). The molecule has 0 N–H and O–H groups in total. The van der Waals surface area contributed by atoms with Crippen molar-refractivity contribution in [2.24, 2.45) is 5.92 Å². The third kappa shape index (κ3) is 6.43. The number of rotatable bonds is 10. The number of methoxy groups -OCH3 is 1.